The van der Waals surface area contributed by atoms with Gasteiger partial charge in [0.05, 0.1) is 4.90 Å². The Morgan fingerprint density at radius 2 is 1.91 bits per heavy atom. The first-order valence-electron chi connectivity index (χ1n) is 11.4. The first-order valence-corrected chi connectivity index (χ1v) is 13.8. The molecule has 8 nitrogen and oxygen atoms in total. The number of amides is 1. The number of rotatable bonds is 6. The van der Waals surface area contributed by atoms with Gasteiger partial charge in [0.2, 0.25) is 5.91 Å². The fourth-order valence-corrected chi connectivity index (χ4v) is 6.42. The third-order valence-corrected chi connectivity index (χ3v) is 8.60. The van der Waals surface area contributed by atoms with Gasteiger partial charge in [0.25, 0.3) is 10.0 Å². The molecule has 1 amide bonds. The van der Waals surface area contributed by atoms with Gasteiger partial charge in [0.1, 0.15) is 6.54 Å². The molecule has 0 bridgehead atoms. The highest BCUT2D eigenvalue weighted by Gasteiger charge is 2.28. The zero-order valence-electron chi connectivity index (χ0n) is 19.6. The molecule has 5 rings (SSSR count). The number of thiazole rings is 1. The van der Waals surface area contributed by atoms with Crippen LogP contribution in [0.25, 0.3) is 10.9 Å². The highest BCUT2D eigenvalue weighted by atomic mass is 32.2. The first-order chi connectivity index (χ1) is 16.8. The number of carbonyl (C=O) groups is 1. The molecule has 182 valence electrons. The Kier molecular flexibility index (Phi) is 6.24. The minimum absolute atomic E-state index is 0.0355. The van der Waals surface area contributed by atoms with E-state index >= 15 is 0 Å². The van der Waals surface area contributed by atoms with Crippen molar-refractivity contribution in [1.82, 2.24) is 14.5 Å². The number of anilines is 2. The summed E-state index contributed by atoms with van der Waals surface area (Å²) in [5, 5.41) is 3.20. The number of nitrogens with zero attached hydrogens (tertiary/aromatic N) is 4. The topological polar surface area (TPSA) is 87.5 Å². The Bertz CT molecular complexity index is 1450. The summed E-state index contributed by atoms with van der Waals surface area (Å²) in [6.45, 7) is 6.39. The smallest absolute Gasteiger partial charge is 0.263 e. The molecule has 1 N–H and O–H groups in total. The van der Waals surface area contributed by atoms with E-state index < -0.39 is 10.0 Å². The first kappa shape index (κ1) is 23.4. The fourth-order valence-electron chi connectivity index (χ4n) is 4.63. The molecule has 2 aromatic carbocycles. The molecule has 4 aromatic rings. The largest absolute Gasteiger partial charge is 0.368 e. The zero-order valence-corrected chi connectivity index (χ0v) is 21.2. The van der Waals surface area contributed by atoms with Crippen molar-refractivity contribution in [2.45, 2.75) is 31.3 Å². The van der Waals surface area contributed by atoms with Gasteiger partial charge in [-0.05, 0) is 55.6 Å². The van der Waals surface area contributed by atoms with Gasteiger partial charge in [-0.25, -0.2) is 13.4 Å². The van der Waals surface area contributed by atoms with Crippen LogP contribution in [0.5, 0.6) is 0 Å². The van der Waals surface area contributed by atoms with Crippen molar-refractivity contribution < 1.29 is 13.2 Å². The van der Waals surface area contributed by atoms with E-state index in [2.05, 4.69) is 38.2 Å². The molecule has 1 aliphatic rings. The average molecular weight is 510 g/mol. The van der Waals surface area contributed by atoms with Gasteiger partial charge in [-0.2, -0.15) is 0 Å². The molecular weight excluding hydrogens is 482 g/mol. The van der Waals surface area contributed by atoms with Crippen LogP contribution in [0.3, 0.4) is 0 Å². The Balaban J connectivity index is 1.24. The lowest BCUT2D eigenvalue weighted by Gasteiger charge is -2.41. The van der Waals surface area contributed by atoms with Crippen LogP contribution < -0.4 is 9.62 Å². The van der Waals surface area contributed by atoms with Crippen molar-refractivity contribution in [3.8, 4) is 0 Å². The van der Waals surface area contributed by atoms with Crippen LogP contribution >= 0.6 is 11.3 Å². The minimum atomic E-state index is -3.68. The van der Waals surface area contributed by atoms with E-state index in [0.29, 0.717) is 31.3 Å². The number of piperazine rings is 1. The number of nitrogens with one attached hydrogen (secondary N) is 1. The number of fused-ring (bicyclic) bond motifs is 1. The molecule has 1 atom stereocenters. The van der Waals surface area contributed by atoms with Crippen LogP contribution in [0.2, 0.25) is 0 Å². The normalized spacial score (nSPS) is 16.6. The maximum atomic E-state index is 13.2. The number of sulfonamides is 1. The Hall–Kier alpha value is -3.37. The molecule has 0 saturated carbocycles. The molecule has 35 heavy (non-hydrogen) atoms. The fraction of sp³-hybridized carbons (Fsp3) is 0.280. The number of aryl methyl sites for hydroxylation is 1. The van der Waals surface area contributed by atoms with Gasteiger partial charge < -0.3 is 14.4 Å². The Morgan fingerprint density at radius 1 is 1.14 bits per heavy atom. The Labute approximate surface area is 208 Å². The third kappa shape index (κ3) is 4.76. The van der Waals surface area contributed by atoms with Gasteiger partial charge in [-0.15, -0.1) is 11.3 Å². The number of para-hydroxylation sites is 1. The van der Waals surface area contributed by atoms with E-state index in [-0.39, 0.29) is 16.8 Å². The van der Waals surface area contributed by atoms with Crippen LogP contribution in [0.4, 0.5) is 10.8 Å². The lowest BCUT2D eigenvalue weighted by Crippen LogP contribution is -2.54. The van der Waals surface area contributed by atoms with Gasteiger partial charge in [-0.3, -0.25) is 9.52 Å². The summed E-state index contributed by atoms with van der Waals surface area (Å²) < 4.78 is 29.7. The standard InChI is InChI=1S/C25H27N5O3S2/c1-18-15-20-5-3-4-6-23(20)30(18)17-24(31)29-13-12-28(16-19(29)2)21-7-9-22(10-8-21)35(32,33)27-25-26-11-14-34-25/h3-11,14-15,19H,12-13,16-17H2,1-2H3,(H,26,27)/t19-/m0/s1. The van der Waals surface area contributed by atoms with Gasteiger partial charge in [0, 0.05) is 54.2 Å². The maximum absolute atomic E-state index is 13.2. The van der Waals surface area contributed by atoms with E-state index in [0.717, 1.165) is 22.3 Å². The van der Waals surface area contributed by atoms with E-state index in [1.54, 1.807) is 23.7 Å². The van der Waals surface area contributed by atoms with Crippen molar-refractivity contribution in [1.29, 1.82) is 0 Å². The SMILES string of the molecule is Cc1cc2ccccc2n1CC(=O)N1CCN(c2ccc(S(=O)(=O)Nc3nccs3)cc2)C[C@@H]1C. The van der Waals surface area contributed by atoms with Crippen molar-refractivity contribution in [2.75, 3.05) is 29.3 Å². The number of aromatic nitrogens is 2. The lowest BCUT2D eigenvalue weighted by atomic mass is 10.1. The van der Waals surface area contributed by atoms with Crippen LogP contribution in [0.1, 0.15) is 12.6 Å². The second-order valence-electron chi connectivity index (χ2n) is 8.75. The second-order valence-corrected chi connectivity index (χ2v) is 11.3. The Morgan fingerprint density at radius 3 is 2.63 bits per heavy atom. The summed E-state index contributed by atoms with van der Waals surface area (Å²) in [7, 11) is -3.68. The summed E-state index contributed by atoms with van der Waals surface area (Å²) >= 11 is 1.23. The molecule has 1 aliphatic heterocycles. The van der Waals surface area contributed by atoms with Gasteiger partial charge in [-0.1, -0.05) is 18.2 Å². The van der Waals surface area contributed by atoms with Gasteiger partial charge in [0.15, 0.2) is 5.13 Å². The maximum Gasteiger partial charge on any atom is 0.263 e. The molecular formula is C25H27N5O3S2. The lowest BCUT2D eigenvalue weighted by molar-refractivity contribution is -0.134. The minimum Gasteiger partial charge on any atom is -0.368 e. The number of benzene rings is 2. The van der Waals surface area contributed by atoms with Crippen LogP contribution in [-0.4, -0.2) is 54.5 Å². The third-order valence-electron chi connectivity index (χ3n) is 6.43. The van der Waals surface area contributed by atoms with Gasteiger partial charge >= 0.3 is 0 Å². The molecule has 2 aromatic heterocycles. The molecule has 3 heterocycles. The van der Waals surface area contributed by atoms with E-state index in [4.69, 9.17) is 0 Å². The van der Waals surface area contributed by atoms with Crippen LogP contribution in [-0.2, 0) is 21.4 Å². The number of hydrogen-bond donors (Lipinski definition) is 1. The number of hydrogen-bond acceptors (Lipinski definition) is 6. The molecule has 0 unspecified atom stereocenters. The summed E-state index contributed by atoms with van der Waals surface area (Å²) in [6.07, 6.45) is 1.55. The molecule has 0 aliphatic carbocycles. The second kappa shape index (κ2) is 9.35. The molecule has 1 fully saturated rings. The summed E-state index contributed by atoms with van der Waals surface area (Å²) in [5.74, 6) is 0.108. The number of carbonyl (C=O) groups excluding carboxylic acids is 1. The van der Waals surface area contributed by atoms with Crippen molar-refractivity contribution >= 4 is 49.0 Å². The molecule has 1 saturated heterocycles. The van der Waals surface area contributed by atoms with Crippen molar-refractivity contribution in [3.05, 3.63) is 71.9 Å². The highest BCUT2D eigenvalue weighted by Crippen LogP contribution is 2.24. The molecule has 0 spiro atoms. The predicted molar refractivity (Wildman–Crippen MR) is 139 cm³/mol. The van der Waals surface area contributed by atoms with Crippen LogP contribution in [0, 0.1) is 6.92 Å². The summed E-state index contributed by atoms with van der Waals surface area (Å²) in [4.78, 5) is 21.5. The summed E-state index contributed by atoms with van der Waals surface area (Å²) in [5.41, 5.74) is 3.08. The van der Waals surface area contributed by atoms with E-state index in [1.807, 2.05) is 42.2 Å². The summed E-state index contributed by atoms with van der Waals surface area (Å²) in [6, 6.07) is 17.1. The van der Waals surface area contributed by atoms with Crippen molar-refractivity contribution in [2.24, 2.45) is 0 Å². The van der Waals surface area contributed by atoms with Crippen molar-refractivity contribution in [3.63, 3.8) is 0 Å². The van der Waals surface area contributed by atoms with E-state index in [1.165, 1.54) is 11.3 Å². The van der Waals surface area contributed by atoms with E-state index in [9.17, 15) is 13.2 Å². The predicted octanol–water partition coefficient (Wildman–Crippen LogP) is 3.94. The molecule has 0 radical (unpaired) electrons. The zero-order chi connectivity index (χ0) is 24.6. The average Bonchev–Trinajstić information content (AvgIpc) is 3.46. The highest BCUT2D eigenvalue weighted by molar-refractivity contribution is 7.93. The quantitative estimate of drug-likeness (QED) is 0.425. The van der Waals surface area contributed by atoms with Crippen LogP contribution in [0.15, 0.2) is 71.1 Å². The molecule has 10 heteroatoms. The monoisotopic (exact) mass is 509 g/mol.